The molecule has 0 heterocycles. The largest absolute Gasteiger partial charge is 0.508 e. The van der Waals surface area contributed by atoms with Gasteiger partial charge in [0, 0.05) is 31.4 Å². The van der Waals surface area contributed by atoms with Crippen molar-refractivity contribution in [2.24, 2.45) is 5.73 Å². The van der Waals surface area contributed by atoms with E-state index in [1.165, 1.54) is 12.1 Å². The quantitative estimate of drug-likeness (QED) is 0.0149. The Labute approximate surface area is 408 Å². The van der Waals surface area contributed by atoms with E-state index in [4.69, 9.17) is 30.6 Å². The summed E-state index contributed by atoms with van der Waals surface area (Å²) in [7, 11) is 0. The molecular formula is C49H56N6O14S. The summed E-state index contributed by atoms with van der Waals surface area (Å²) in [5.74, 6) is -4.07. The van der Waals surface area contributed by atoms with Crippen LogP contribution in [-0.4, -0.2) is 126 Å². The predicted molar refractivity (Wildman–Crippen MR) is 256 cm³/mol. The number of nitrogens with two attached hydrogens (primary N) is 1. The average molecular weight is 985 g/mol. The topological polar surface area (TPSA) is 303 Å². The van der Waals surface area contributed by atoms with E-state index in [2.05, 4.69) is 32.5 Å². The van der Waals surface area contributed by atoms with Crippen LogP contribution in [0.25, 0.3) is 0 Å². The molecule has 0 aliphatic rings. The average Bonchev–Trinajstić information content (AvgIpc) is 3.34. The van der Waals surface area contributed by atoms with Gasteiger partial charge >= 0.3 is 11.9 Å². The summed E-state index contributed by atoms with van der Waals surface area (Å²) in [5, 5.41) is 41.5. The molecule has 5 atom stereocenters. The number of carboxylic acids is 2. The molecule has 21 heteroatoms. The second-order valence-electron chi connectivity index (χ2n) is 15.4. The number of hydrogen-bond donors (Lipinski definition) is 9. The zero-order valence-electron chi connectivity index (χ0n) is 38.0. The Morgan fingerprint density at radius 1 is 0.571 bits per heavy atom. The Balaban J connectivity index is 1.36. The highest BCUT2D eigenvalue weighted by Crippen LogP contribution is 2.18. The van der Waals surface area contributed by atoms with Crippen molar-refractivity contribution in [3.05, 3.63) is 126 Å². The minimum absolute atomic E-state index is 0.0351. The Hall–Kier alpha value is -7.64. The highest BCUT2D eigenvalue weighted by molar-refractivity contribution is 7.94. The van der Waals surface area contributed by atoms with Gasteiger partial charge in [0.1, 0.15) is 60.6 Å². The number of nitrogens with one attached hydrogen (secondary N) is 5. The number of rotatable bonds is 31. The first-order valence-corrected chi connectivity index (χ1v) is 22.8. The molecule has 4 rings (SSSR count). The molecule has 0 fully saturated rings. The molecule has 0 bridgehead atoms. The highest BCUT2D eigenvalue weighted by Gasteiger charge is 2.34. The SMILES string of the molecule is C#CCOc1ccc(OCCOSCOCCNC(=O)[C@@H](CC(=O)O)NC(=O)[C@H](CC(=O)O)NC(=O)[C@@H](Cc2ccccc2)NC(=O)[C@@H](Cc2ccc(O)cc2)NC(=O)[C@H](N)Cc2ccccc2)cc1. The van der Waals surface area contributed by atoms with Crippen molar-refractivity contribution in [3.63, 3.8) is 0 Å². The molecule has 0 aliphatic carbocycles. The Kier molecular flexibility index (Phi) is 23.5. The molecule has 0 unspecified atom stereocenters. The summed E-state index contributed by atoms with van der Waals surface area (Å²) in [6.45, 7) is 0.461. The number of amides is 5. The van der Waals surface area contributed by atoms with Gasteiger partial charge in [-0.25, -0.2) is 0 Å². The van der Waals surface area contributed by atoms with Gasteiger partial charge in [-0.2, -0.15) is 0 Å². The fourth-order valence-electron chi connectivity index (χ4n) is 6.47. The van der Waals surface area contributed by atoms with Gasteiger partial charge in [-0.1, -0.05) is 78.7 Å². The van der Waals surface area contributed by atoms with Crippen LogP contribution in [0.3, 0.4) is 0 Å². The van der Waals surface area contributed by atoms with E-state index < -0.39 is 84.5 Å². The van der Waals surface area contributed by atoms with E-state index in [0.717, 1.165) is 17.6 Å². The van der Waals surface area contributed by atoms with E-state index in [1.54, 1.807) is 91.0 Å². The maximum absolute atomic E-state index is 14.1. The maximum Gasteiger partial charge on any atom is 0.305 e. The summed E-state index contributed by atoms with van der Waals surface area (Å²) in [6, 6.07) is 22.7. The van der Waals surface area contributed by atoms with Gasteiger partial charge in [0.05, 0.1) is 32.1 Å². The number of phenolic OH excluding ortho intramolecular Hbond substituents is 1. The van der Waals surface area contributed by atoms with Crippen LogP contribution in [0.15, 0.2) is 109 Å². The number of ether oxygens (including phenoxy) is 3. The van der Waals surface area contributed by atoms with Crippen LogP contribution in [0.4, 0.5) is 0 Å². The minimum Gasteiger partial charge on any atom is -0.508 e. The van der Waals surface area contributed by atoms with Gasteiger partial charge in [0.15, 0.2) is 0 Å². The van der Waals surface area contributed by atoms with Crippen molar-refractivity contribution in [1.29, 1.82) is 0 Å². The first-order chi connectivity index (χ1) is 33.7. The molecule has 70 heavy (non-hydrogen) atoms. The van der Waals surface area contributed by atoms with Gasteiger partial charge in [0.25, 0.3) is 0 Å². The number of carbonyl (C=O) groups excluding carboxylic acids is 5. The van der Waals surface area contributed by atoms with Crippen LogP contribution in [-0.2, 0) is 61.7 Å². The monoisotopic (exact) mass is 984 g/mol. The Morgan fingerprint density at radius 2 is 1.04 bits per heavy atom. The Morgan fingerprint density at radius 3 is 1.59 bits per heavy atom. The third kappa shape index (κ3) is 20.7. The third-order valence-corrected chi connectivity index (χ3v) is 10.5. The lowest BCUT2D eigenvalue weighted by Gasteiger charge is -2.26. The first-order valence-electron chi connectivity index (χ1n) is 21.9. The van der Waals surface area contributed by atoms with E-state index in [9.17, 15) is 48.9 Å². The smallest absolute Gasteiger partial charge is 0.305 e. The second-order valence-corrected chi connectivity index (χ2v) is 16.1. The Bertz CT molecular complexity index is 2350. The summed E-state index contributed by atoms with van der Waals surface area (Å²) in [6.07, 6.45) is 3.15. The number of benzene rings is 4. The van der Waals surface area contributed by atoms with E-state index >= 15 is 0 Å². The van der Waals surface area contributed by atoms with Gasteiger partial charge in [0.2, 0.25) is 29.5 Å². The van der Waals surface area contributed by atoms with Crippen LogP contribution in [0.1, 0.15) is 29.5 Å². The predicted octanol–water partition coefficient (Wildman–Crippen LogP) is 1.48. The molecule has 20 nitrogen and oxygen atoms in total. The highest BCUT2D eigenvalue weighted by atomic mass is 32.2. The number of carboxylic acid groups (broad SMARTS) is 2. The number of phenols is 1. The maximum atomic E-state index is 14.1. The van der Waals surface area contributed by atoms with Crippen molar-refractivity contribution in [1.82, 2.24) is 26.6 Å². The lowest BCUT2D eigenvalue weighted by Crippen LogP contribution is -2.60. The fraction of sp³-hybridized carbons (Fsp3) is 0.327. The fourth-order valence-corrected chi connectivity index (χ4v) is 6.91. The number of terminal acetylenes is 1. The van der Waals surface area contributed by atoms with E-state index in [0.29, 0.717) is 22.6 Å². The van der Waals surface area contributed by atoms with Crippen LogP contribution in [0.2, 0.25) is 0 Å². The van der Waals surface area contributed by atoms with Gasteiger partial charge in [-0.05, 0) is 59.5 Å². The summed E-state index contributed by atoms with van der Waals surface area (Å²) >= 11 is 0.982. The zero-order valence-corrected chi connectivity index (χ0v) is 38.8. The molecule has 0 radical (unpaired) electrons. The van der Waals surface area contributed by atoms with Crippen molar-refractivity contribution < 1.29 is 67.3 Å². The second kappa shape index (κ2) is 30.0. The molecule has 0 saturated carbocycles. The molecule has 0 saturated heterocycles. The van der Waals surface area contributed by atoms with Crippen LogP contribution < -0.4 is 41.8 Å². The number of hydrogen-bond acceptors (Lipinski definition) is 14. The molecule has 0 aromatic heterocycles. The molecule has 0 spiro atoms. The minimum atomic E-state index is -1.86. The van der Waals surface area contributed by atoms with Gasteiger partial charge in [-0.15, -0.1) is 6.42 Å². The zero-order chi connectivity index (χ0) is 50.7. The van der Waals surface area contributed by atoms with Crippen molar-refractivity contribution in [2.45, 2.75) is 62.3 Å². The lowest BCUT2D eigenvalue weighted by molar-refractivity contribution is -0.143. The molecule has 5 amide bonds. The third-order valence-electron chi connectivity index (χ3n) is 9.93. The van der Waals surface area contributed by atoms with Crippen molar-refractivity contribution >= 4 is 53.5 Å². The normalized spacial score (nSPS) is 12.9. The lowest BCUT2D eigenvalue weighted by atomic mass is 10.0. The number of aliphatic carboxylic acids is 2. The van der Waals surface area contributed by atoms with Crippen molar-refractivity contribution in [2.75, 3.05) is 38.9 Å². The molecule has 372 valence electrons. The van der Waals surface area contributed by atoms with Crippen LogP contribution >= 0.6 is 12.0 Å². The van der Waals surface area contributed by atoms with E-state index in [1.807, 2.05) is 6.07 Å². The summed E-state index contributed by atoms with van der Waals surface area (Å²) in [4.78, 5) is 92.2. The van der Waals surface area contributed by atoms with Crippen LogP contribution in [0, 0.1) is 12.3 Å². The van der Waals surface area contributed by atoms with Gasteiger partial charge < -0.3 is 66.0 Å². The molecule has 10 N–H and O–H groups in total. The molecule has 4 aromatic carbocycles. The van der Waals surface area contributed by atoms with Gasteiger partial charge in [-0.3, -0.25) is 33.6 Å². The summed E-state index contributed by atoms with van der Waals surface area (Å²) in [5.41, 5.74) is 8.09. The molecule has 0 aliphatic heterocycles. The standard InChI is InChI=1S/C49H56N6O14S/c1-2-22-67-36-17-19-37(20-18-36)68-24-25-69-70-31-66-23-21-51-46(62)41(29-43(57)58)54-49(65)42(30-44(59)60)55-48(64)40(27-33-11-7-4-8-12-33)53-47(63)39(28-34-13-15-35(56)16-14-34)52-45(61)38(50)26-32-9-5-3-6-10-32/h1,3-20,38-42,56H,21-31,50H2,(H,51,62)(H,52,61)(H,53,63)(H,54,65)(H,55,64)(H,57,58)(H,59,60)/t38-,39-,40-,41-,42+/m1/s1. The van der Waals surface area contributed by atoms with Crippen molar-refractivity contribution in [3.8, 4) is 29.6 Å². The first kappa shape index (κ1) is 55.0. The summed E-state index contributed by atoms with van der Waals surface area (Å²) < 4.78 is 21.7. The van der Waals surface area contributed by atoms with E-state index in [-0.39, 0.29) is 63.9 Å². The number of carbonyl (C=O) groups is 7. The number of aromatic hydroxyl groups is 1. The molecule has 4 aromatic rings. The van der Waals surface area contributed by atoms with Crippen LogP contribution in [0.5, 0.6) is 17.2 Å². The molecular weight excluding hydrogens is 929 g/mol.